The van der Waals surface area contributed by atoms with Gasteiger partial charge in [-0.1, -0.05) is 36.2 Å². The molecular weight excluding hydrogens is 398 g/mol. The van der Waals surface area contributed by atoms with Crippen molar-refractivity contribution in [2.75, 3.05) is 25.0 Å². The van der Waals surface area contributed by atoms with Crippen molar-refractivity contribution < 1.29 is 4.79 Å². The number of carbonyl (C=O) groups is 1. The molecule has 0 saturated carbocycles. The molecule has 0 spiro atoms. The van der Waals surface area contributed by atoms with Crippen molar-refractivity contribution in [2.24, 2.45) is 0 Å². The first-order valence-corrected chi connectivity index (χ1v) is 11.0. The number of likely N-dealkylation sites (tertiary alicyclic amines) is 1. The van der Waals surface area contributed by atoms with Crippen LogP contribution in [0.1, 0.15) is 53.8 Å². The van der Waals surface area contributed by atoms with Crippen LogP contribution in [0, 0.1) is 13.8 Å². The number of anilines is 1. The lowest BCUT2D eigenvalue weighted by Crippen LogP contribution is -2.35. The standard InChI is InChI=1S/C23H28ClN5O/c1-4-11-28-12-9-18(10-13-28)29-22-20(16(3)27-29)21(24)19(14-25-22)23(30)26-17-7-5-15(2)6-8-17/h5-8,14,18H,4,9-13H2,1-3H3,(H,26,30). The van der Waals surface area contributed by atoms with E-state index in [1.54, 1.807) is 6.20 Å². The summed E-state index contributed by atoms with van der Waals surface area (Å²) in [7, 11) is 0. The highest BCUT2D eigenvalue weighted by Crippen LogP contribution is 2.33. The number of pyridine rings is 1. The van der Waals surface area contributed by atoms with Crippen LogP contribution >= 0.6 is 11.6 Å². The maximum Gasteiger partial charge on any atom is 0.258 e. The summed E-state index contributed by atoms with van der Waals surface area (Å²) in [5, 5.41) is 8.84. The van der Waals surface area contributed by atoms with Gasteiger partial charge in [-0.15, -0.1) is 0 Å². The molecule has 0 bridgehead atoms. The number of halogens is 1. The van der Waals surface area contributed by atoms with E-state index in [1.165, 1.54) is 6.42 Å². The van der Waals surface area contributed by atoms with Crippen molar-refractivity contribution in [3.05, 3.63) is 52.3 Å². The summed E-state index contributed by atoms with van der Waals surface area (Å²) in [6.45, 7) is 9.45. The number of piperidine rings is 1. The smallest absolute Gasteiger partial charge is 0.258 e. The van der Waals surface area contributed by atoms with Crippen molar-refractivity contribution >= 4 is 34.2 Å². The molecule has 3 heterocycles. The Hall–Kier alpha value is -2.44. The lowest BCUT2D eigenvalue weighted by Gasteiger charge is -2.31. The first kappa shape index (κ1) is 20.8. The second-order valence-corrected chi connectivity index (χ2v) is 8.49. The van der Waals surface area contributed by atoms with Gasteiger partial charge in [-0.2, -0.15) is 5.10 Å². The van der Waals surface area contributed by atoms with Gasteiger partial charge in [0.25, 0.3) is 5.91 Å². The number of hydrogen-bond acceptors (Lipinski definition) is 4. The molecular formula is C23H28ClN5O. The number of aryl methyl sites for hydroxylation is 2. The molecule has 1 fully saturated rings. The first-order valence-electron chi connectivity index (χ1n) is 10.6. The van der Waals surface area contributed by atoms with Gasteiger partial charge in [0.15, 0.2) is 5.65 Å². The van der Waals surface area contributed by atoms with Crippen LogP contribution in [0.4, 0.5) is 5.69 Å². The second kappa shape index (κ2) is 8.74. The third kappa shape index (κ3) is 4.07. The van der Waals surface area contributed by atoms with Crippen LogP contribution in [0.3, 0.4) is 0 Å². The fourth-order valence-electron chi connectivity index (χ4n) is 4.18. The highest BCUT2D eigenvalue weighted by Gasteiger charge is 2.26. The minimum absolute atomic E-state index is 0.265. The Labute approximate surface area is 182 Å². The maximum absolute atomic E-state index is 12.8. The summed E-state index contributed by atoms with van der Waals surface area (Å²) in [6.07, 6.45) is 4.84. The highest BCUT2D eigenvalue weighted by atomic mass is 35.5. The Morgan fingerprint density at radius 1 is 1.20 bits per heavy atom. The number of nitrogens with one attached hydrogen (secondary N) is 1. The third-order valence-corrected chi connectivity index (χ3v) is 6.22. The van der Waals surface area contributed by atoms with Gasteiger partial charge in [0.1, 0.15) is 0 Å². The fraction of sp³-hybridized carbons (Fsp3) is 0.435. The molecule has 1 aliphatic heterocycles. The van der Waals surface area contributed by atoms with Crippen LogP contribution in [0.5, 0.6) is 0 Å². The minimum atomic E-state index is -0.265. The Morgan fingerprint density at radius 3 is 2.57 bits per heavy atom. The number of rotatable bonds is 5. The zero-order chi connectivity index (χ0) is 21.3. The summed E-state index contributed by atoms with van der Waals surface area (Å²) in [6, 6.07) is 7.98. The van der Waals surface area contributed by atoms with E-state index in [2.05, 4.69) is 22.1 Å². The predicted molar refractivity (Wildman–Crippen MR) is 121 cm³/mol. The van der Waals surface area contributed by atoms with Crippen LogP contribution in [0.2, 0.25) is 5.02 Å². The zero-order valence-corrected chi connectivity index (χ0v) is 18.5. The Kier molecular flexibility index (Phi) is 6.06. The summed E-state index contributed by atoms with van der Waals surface area (Å²) >= 11 is 6.69. The van der Waals surface area contributed by atoms with E-state index >= 15 is 0 Å². The van der Waals surface area contributed by atoms with E-state index < -0.39 is 0 Å². The molecule has 2 aromatic heterocycles. The van der Waals surface area contributed by atoms with Gasteiger partial charge in [-0.05, 0) is 51.8 Å². The van der Waals surface area contributed by atoms with Crippen LogP contribution < -0.4 is 5.32 Å². The van der Waals surface area contributed by atoms with E-state index in [-0.39, 0.29) is 5.91 Å². The molecule has 1 saturated heterocycles. The van der Waals surface area contributed by atoms with Crippen molar-refractivity contribution in [2.45, 2.75) is 46.1 Å². The first-order chi connectivity index (χ1) is 14.5. The number of nitrogens with zero attached hydrogens (tertiary/aromatic N) is 4. The monoisotopic (exact) mass is 425 g/mol. The van der Waals surface area contributed by atoms with E-state index in [0.29, 0.717) is 16.6 Å². The van der Waals surface area contributed by atoms with Gasteiger partial charge >= 0.3 is 0 Å². The topological polar surface area (TPSA) is 63.1 Å². The molecule has 0 radical (unpaired) electrons. The Morgan fingerprint density at radius 2 is 1.90 bits per heavy atom. The molecule has 0 aliphatic carbocycles. The molecule has 1 aliphatic rings. The molecule has 4 rings (SSSR count). The quantitative estimate of drug-likeness (QED) is 0.624. The van der Waals surface area contributed by atoms with Crippen LogP contribution in [0.25, 0.3) is 11.0 Å². The molecule has 158 valence electrons. The number of hydrogen-bond donors (Lipinski definition) is 1. The van der Waals surface area contributed by atoms with Crippen molar-refractivity contribution in [3.63, 3.8) is 0 Å². The van der Waals surface area contributed by atoms with Gasteiger partial charge in [0.05, 0.1) is 27.7 Å². The van der Waals surface area contributed by atoms with E-state index in [0.717, 1.165) is 60.5 Å². The fourth-order valence-corrected chi connectivity index (χ4v) is 4.54. The molecule has 1 aromatic carbocycles. The second-order valence-electron chi connectivity index (χ2n) is 8.11. The van der Waals surface area contributed by atoms with Gasteiger partial charge < -0.3 is 10.2 Å². The van der Waals surface area contributed by atoms with Gasteiger partial charge in [0.2, 0.25) is 0 Å². The molecule has 0 atom stereocenters. The number of carbonyl (C=O) groups excluding carboxylic acids is 1. The van der Waals surface area contributed by atoms with E-state index in [4.69, 9.17) is 16.7 Å². The van der Waals surface area contributed by atoms with Crippen LogP contribution in [-0.2, 0) is 0 Å². The SMILES string of the molecule is CCCN1CCC(n2nc(C)c3c(Cl)c(C(=O)Nc4ccc(C)cc4)cnc32)CC1. The molecule has 3 aromatic rings. The summed E-state index contributed by atoms with van der Waals surface area (Å²) < 4.78 is 2.02. The molecule has 30 heavy (non-hydrogen) atoms. The molecule has 1 amide bonds. The van der Waals surface area contributed by atoms with E-state index in [1.807, 2.05) is 42.8 Å². The zero-order valence-electron chi connectivity index (χ0n) is 17.8. The number of amides is 1. The number of fused-ring (bicyclic) bond motifs is 1. The van der Waals surface area contributed by atoms with Gasteiger partial charge in [-0.3, -0.25) is 4.79 Å². The number of aromatic nitrogens is 3. The molecule has 0 unspecified atom stereocenters. The summed E-state index contributed by atoms with van der Waals surface area (Å²) in [4.78, 5) is 19.9. The molecule has 7 heteroatoms. The van der Waals surface area contributed by atoms with Crippen LogP contribution in [0.15, 0.2) is 30.5 Å². The average molecular weight is 426 g/mol. The Balaban J connectivity index is 1.59. The largest absolute Gasteiger partial charge is 0.322 e. The van der Waals surface area contributed by atoms with Crippen molar-refractivity contribution in [1.82, 2.24) is 19.7 Å². The molecule has 1 N–H and O–H groups in total. The number of benzene rings is 1. The van der Waals surface area contributed by atoms with Crippen molar-refractivity contribution in [1.29, 1.82) is 0 Å². The highest BCUT2D eigenvalue weighted by molar-refractivity contribution is 6.39. The lowest BCUT2D eigenvalue weighted by molar-refractivity contribution is 0.102. The molecule has 6 nitrogen and oxygen atoms in total. The normalized spacial score (nSPS) is 15.6. The summed E-state index contributed by atoms with van der Waals surface area (Å²) in [5.41, 5.74) is 3.80. The maximum atomic E-state index is 12.8. The van der Waals surface area contributed by atoms with Crippen LogP contribution in [-0.4, -0.2) is 45.2 Å². The Bertz CT molecular complexity index is 1050. The average Bonchev–Trinajstić information content (AvgIpc) is 3.08. The van der Waals surface area contributed by atoms with Gasteiger partial charge in [0, 0.05) is 25.0 Å². The lowest BCUT2D eigenvalue weighted by atomic mass is 10.0. The van der Waals surface area contributed by atoms with Crippen molar-refractivity contribution in [3.8, 4) is 0 Å². The third-order valence-electron chi connectivity index (χ3n) is 5.83. The predicted octanol–water partition coefficient (Wildman–Crippen LogP) is 5.00. The minimum Gasteiger partial charge on any atom is -0.322 e. The van der Waals surface area contributed by atoms with Gasteiger partial charge in [-0.25, -0.2) is 9.67 Å². The summed E-state index contributed by atoms with van der Waals surface area (Å²) in [5.74, 6) is -0.265. The van der Waals surface area contributed by atoms with E-state index in [9.17, 15) is 4.79 Å².